The summed E-state index contributed by atoms with van der Waals surface area (Å²) in [4.78, 5) is 16.1. The Balaban J connectivity index is 0.00000156. The number of sulfone groups is 1. The topological polar surface area (TPSA) is 96.9 Å². The zero-order chi connectivity index (χ0) is 16.6. The third kappa shape index (κ3) is 4.89. The van der Waals surface area contributed by atoms with Crippen molar-refractivity contribution in [3.05, 3.63) is 23.7 Å². The average Bonchev–Trinajstić information content (AvgIpc) is 3.01. The van der Waals surface area contributed by atoms with Crippen LogP contribution in [0.25, 0.3) is 0 Å². The highest BCUT2D eigenvalue weighted by atomic mass is 35.5. The Labute approximate surface area is 160 Å². The number of hydrogen-bond donors (Lipinski definition) is 1. The third-order valence-corrected chi connectivity index (χ3v) is 6.32. The first-order valence-corrected chi connectivity index (χ1v) is 9.71. The van der Waals surface area contributed by atoms with E-state index in [1.165, 1.54) is 0 Å². The number of furan rings is 1. The van der Waals surface area contributed by atoms with Crippen molar-refractivity contribution in [2.45, 2.75) is 32.0 Å². The number of nitrogens with two attached hydrogens (primary N) is 1. The van der Waals surface area contributed by atoms with Gasteiger partial charge in [0, 0.05) is 32.1 Å². The van der Waals surface area contributed by atoms with E-state index in [0.717, 1.165) is 11.5 Å². The number of carbonyl (C=O) groups excluding carboxylic acids is 1. The average molecular weight is 414 g/mol. The molecule has 3 rings (SSSR count). The fourth-order valence-corrected chi connectivity index (χ4v) is 5.58. The molecule has 7 nitrogen and oxygen atoms in total. The minimum absolute atomic E-state index is 0. The summed E-state index contributed by atoms with van der Waals surface area (Å²) in [6.07, 6.45) is 0.265. The summed E-state index contributed by atoms with van der Waals surface area (Å²) in [5, 5.41) is 0. The van der Waals surface area contributed by atoms with E-state index in [1.807, 2.05) is 19.1 Å². The van der Waals surface area contributed by atoms with E-state index in [9.17, 15) is 13.2 Å². The summed E-state index contributed by atoms with van der Waals surface area (Å²) >= 11 is 0. The summed E-state index contributed by atoms with van der Waals surface area (Å²) in [7, 11) is -3.13. The molecule has 3 heterocycles. The van der Waals surface area contributed by atoms with Crippen LogP contribution in [0, 0.1) is 6.92 Å². The van der Waals surface area contributed by atoms with E-state index in [0.29, 0.717) is 19.6 Å². The molecular formula is C15H25Cl2N3O4S. The van der Waals surface area contributed by atoms with Crippen molar-refractivity contribution in [2.75, 3.05) is 31.1 Å². The number of amides is 1. The molecule has 10 heteroatoms. The minimum atomic E-state index is -3.13. The maximum atomic E-state index is 12.2. The fraction of sp³-hybridized carbons (Fsp3) is 0.667. The first-order valence-electron chi connectivity index (χ1n) is 7.89. The van der Waals surface area contributed by atoms with Crippen molar-refractivity contribution < 1.29 is 17.6 Å². The molecule has 0 radical (unpaired) electrons. The molecular weight excluding hydrogens is 389 g/mol. The van der Waals surface area contributed by atoms with Gasteiger partial charge in [0.05, 0.1) is 24.1 Å². The van der Waals surface area contributed by atoms with Crippen LogP contribution >= 0.6 is 24.8 Å². The molecule has 2 N–H and O–H groups in total. The van der Waals surface area contributed by atoms with Gasteiger partial charge in [-0.05, 0) is 19.1 Å². The number of rotatable bonds is 4. The number of hydrogen-bond acceptors (Lipinski definition) is 6. The second-order valence-corrected chi connectivity index (χ2v) is 8.47. The Morgan fingerprint density at radius 1 is 1.24 bits per heavy atom. The summed E-state index contributed by atoms with van der Waals surface area (Å²) in [5.74, 6) is 1.76. The fourth-order valence-electron chi connectivity index (χ4n) is 3.57. The molecule has 0 spiro atoms. The number of nitrogens with zero attached hydrogens (tertiary/aromatic N) is 2. The lowest BCUT2D eigenvalue weighted by Gasteiger charge is -2.43. The van der Waals surface area contributed by atoms with E-state index >= 15 is 0 Å². The van der Waals surface area contributed by atoms with Crippen LogP contribution < -0.4 is 5.73 Å². The normalized spacial score (nSPS) is 25.0. The molecule has 0 aromatic carbocycles. The van der Waals surface area contributed by atoms with E-state index < -0.39 is 9.84 Å². The van der Waals surface area contributed by atoms with Crippen LogP contribution in [-0.2, 0) is 21.2 Å². The van der Waals surface area contributed by atoms with Crippen molar-refractivity contribution >= 4 is 40.6 Å². The Morgan fingerprint density at radius 3 is 2.52 bits per heavy atom. The molecule has 2 atom stereocenters. The van der Waals surface area contributed by atoms with E-state index in [1.54, 1.807) is 4.90 Å². The van der Waals surface area contributed by atoms with Crippen LogP contribution in [0.2, 0.25) is 0 Å². The van der Waals surface area contributed by atoms with Gasteiger partial charge in [0.1, 0.15) is 11.5 Å². The number of halogens is 2. The van der Waals surface area contributed by atoms with E-state index in [-0.39, 0.29) is 67.3 Å². The van der Waals surface area contributed by atoms with Gasteiger partial charge >= 0.3 is 0 Å². The predicted molar refractivity (Wildman–Crippen MR) is 100.0 cm³/mol. The molecule has 0 unspecified atom stereocenters. The Kier molecular flexibility index (Phi) is 7.76. The maximum Gasteiger partial charge on any atom is 0.224 e. The highest BCUT2D eigenvalue weighted by Crippen LogP contribution is 2.28. The van der Waals surface area contributed by atoms with Crippen molar-refractivity contribution in [3.63, 3.8) is 0 Å². The van der Waals surface area contributed by atoms with Crippen molar-refractivity contribution in [1.29, 1.82) is 0 Å². The van der Waals surface area contributed by atoms with Gasteiger partial charge in [0.25, 0.3) is 0 Å². The summed E-state index contributed by atoms with van der Waals surface area (Å²) in [5.41, 5.74) is 5.47. The molecule has 1 aromatic heterocycles. The molecule has 0 bridgehead atoms. The highest BCUT2D eigenvalue weighted by molar-refractivity contribution is 7.91. The van der Waals surface area contributed by atoms with E-state index in [2.05, 4.69) is 4.90 Å². The number of fused-ring (bicyclic) bond motifs is 1. The zero-order valence-electron chi connectivity index (χ0n) is 14.1. The van der Waals surface area contributed by atoms with Crippen molar-refractivity contribution in [1.82, 2.24) is 9.80 Å². The summed E-state index contributed by atoms with van der Waals surface area (Å²) in [6.45, 7) is 3.93. The van der Waals surface area contributed by atoms with Gasteiger partial charge in [-0.15, -0.1) is 24.8 Å². The molecule has 2 aliphatic heterocycles. The predicted octanol–water partition coefficient (Wildman–Crippen LogP) is 0.590. The van der Waals surface area contributed by atoms with Crippen LogP contribution in [0.15, 0.2) is 16.5 Å². The molecule has 1 amide bonds. The van der Waals surface area contributed by atoms with Crippen LogP contribution in [0.5, 0.6) is 0 Å². The largest absolute Gasteiger partial charge is 0.465 e. The van der Waals surface area contributed by atoms with Crippen LogP contribution in [0.3, 0.4) is 0 Å². The lowest BCUT2D eigenvalue weighted by molar-refractivity contribution is -0.137. The van der Waals surface area contributed by atoms with Gasteiger partial charge in [-0.1, -0.05) is 0 Å². The molecule has 0 aliphatic carbocycles. The second kappa shape index (κ2) is 8.73. The summed E-state index contributed by atoms with van der Waals surface area (Å²) < 4.78 is 29.8. The van der Waals surface area contributed by atoms with Crippen molar-refractivity contribution in [2.24, 2.45) is 5.73 Å². The Morgan fingerprint density at radius 2 is 1.92 bits per heavy atom. The molecule has 144 valence electrons. The second-order valence-electron chi connectivity index (χ2n) is 6.32. The SMILES string of the molecule is Cc1ccc(CN2CCN(C(=O)CCN)[C@H]3CS(=O)(=O)C[C@H]32)o1.Cl.Cl. The van der Waals surface area contributed by atoms with Gasteiger partial charge < -0.3 is 15.1 Å². The zero-order valence-corrected chi connectivity index (χ0v) is 16.5. The van der Waals surface area contributed by atoms with E-state index in [4.69, 9.17) is 10.2 Å². The lowest BCUT2D eigenvalue weighted by atomic mass is 10.0. The standard InChI is InChI=1S/C15H23N3O4S.2ClH/c1-11-2-3-12(22-11)8-17-6-7-18(15(19)4-5-16)14-10-23(20,21)9-13(14)17;;/h2-3,13-14H,4-10,16H2,1H3;2*1H/t13-,14+;;/m1../s1. The third-order valence-electron chi connectivity index (χ3n) is 4.62. The number of carbonyl (C=O) groups is 1. The molecule has 25 heavy (non-hydrogen) atoms. The van der Waals surface area contributed by atoms with Gasteiger partial charge in [-0.25, -0.2) is 8.42 Å². The highest BCUT2D eigenvalue weighted by Gasteiger charge is 2.47. The van der Waals surface area contributed by atoms with Crippen LogP contribution in [0.4, 0.5) is 0 Å². The summed E-state index contributed by atoms with van der Waals surface area (Å²) in [6, 6.07) is 3.38. The smallest absolute Gasteiger partial charge is 0.224 e. The van der Waals surface area contributed by atoms with Gasteiger partial charge in [-0.2, -0.15) is 0 Å². The van der Waals surface area contributed by atoms with Gasteiger partial charge in [0.2, 0.25) is 5.91 Å². The number of aryl methyl sites for hydroxylation is 1. The monoisotopic (exact) mass is 413 g/mol. The molecule has 2 aliphatic rings. The Bertz CT molecular complexity index is 695. The first kappa shape index (κ1) is 22.2. The van der Waals surface area contributed by atoms with Crippen LogP contribution in [-0.4, -0.2) is 67.3 Å². The Hall–Kier alpha value is -0.800. The molecule has 0 saturated carbocycles. The maximum absolute atomic E-state index is 12.2. The van der Waals surface area contributed by atoms with Crippen molar-refractivity contribution in [3.8, 4) is 0 Å². The minimum Gasteiger partial charge on any atom is -0.465 e. The van der Waals surface area contributed by atoms with Gasteiger partial charge in [0.15, 0.2) is 9.84 Å². The molecule has 2 fully saturated rings. The molecule has 1 aromatic rings. The first-order chi connectivity index (χ1) is 10.9. The number of piperazine rings is 1. The lowest BCUT2D eigenvalue weighted by Crippen LogP contribution is -2.60. The molecule has 2 saturated heterocycles. The quantitative estimate of drug-likeness (QED) is 0.775. The van der Waals surface area contributed by atoms with Crippen LogP contribution in [0.1, 0.15) is 17.9 Å². The van der Waals surface area contributed by atoms with Gasteiger partial charge in [-0.3, -0.25) is 9.69 Å².